The van der Waals surface area contributed by atoms with E-state index in [2.05, 4.69) is 259 Å². The minimum atomic E-state index is -2.97. The molecule has 0 N–H and O–H groups in total. The zero-order valence-corrected chi connectivity index (χ0v) is 49.1. The van der Waals surface area contributed by atoms with Crippen LogP contribution in [0.5, 0.6) is 0 Å². The molecule has 0 aliphatic rings. The second-order valence-electron chi connectivity index (χ2n) is 21.2. The van der Waals surface area contributed by atoms with Crippen molar-refractivity contribution in [1.82, 2.24) is 40.8 Å². The molecule has 0 bridgehead atoms. The van der Waals surface area contributed by atoms with Crippen molar-refractivity contribution in [1.29, 1.82) is 0 Å². The Morgan fingerprint density at radius 3 is 0.466 bits per heavy atom. The van der Waals surface area contributed by atoms with Crippen molar-refractivity contribution in [2.75, 3.05) is 0 Å². The van der Waals surface area contributed by atoms with Gasteiger partial charge >= 0.3 is 0 Å². The molecule has 0 saturated heterocycles. The van der Waals surface area contributed by atoms with E-state index in [-0.39, 0.29) is 0 Å². The number of aromatic nitrogens is 8. The highest BCUT2D eigenvalue weighted by Gasteiger charge is 2.43. The fourth-order valence-corrected chi connectivity index (χ4v) is 21.4. The highest BCUT2D eigenvalue weighted by atomic mass is 28.3. The molecule has 0 spiro atoms. The second-order valence-corrected chi connectivity index (χ2v) is 28.9. The SMILES string of the molecule is c1ccc(-c2nnc(-c3ccc(-c4nnc(-c5ccc([Si](c6ccccc6)(c6ccccc6)c6ccc(-c7nnc(-c8ccc([Si](c9ccccc9)(c9ccccc9)c9ccc(-c%10nnc(-c%11ccccc%11)o%10)cc9)cc8)o7)cc6)cc5)o4)cc3)o2)cc1. The van der Waals surface area contributed by atoms with Gasteiger partial charge in [-0.3, -0.25) is 0 Å². The average Bonchev–Trinajstić information content (AvgIpc) is 2.16. The topological polar surface area (TPSA) is 156 Å². The number of rotatable bonds is 16. The van der Waals surface area contributed by atoms with Crippen LogP contribution in [0, 0.1) is 0 Å². The summed E-state index contributed by atoms with van der Waals surface area (Å²) < 4.78 is 25.1. The zero-order chi connectivity index (χ0) is 58.7. The lowest BCUT2D eigenvalue weighted by atomic mass is 10.1. The van der Waals surface area contributed by atoms with E-state index >= 15 is 0 Å². The van der Waals surface area contributed by atoms with Gasteiger partial charge in [-0.05, 0) is 139 Å². The number of benzene rings is 11. The van der Waals surface area contributed by atoms with Crippen LogP contribution < -0.4 is 41.5 Å². The van der Waals surface area contributed by atoms with Crippen LogP contribution in [0.15, 0.2) is 321 Å². The predicted molar refractivity (Wildman–Crippen MR) is 349 cm³/mol. The minimum Gasteiger partial charge on any atom is -0.416 e. The molecule has 0 fully saturated rings. The van der Waals surface area contributed by atoms with E-state index in [1.54, 1.807) is 0 Å². The lowest BCUT2D eigenvalue weighted by Gasteiger charge is -2.34. The Morgan fingerprint density at radius 1 is 0.148 bits per heavy atom. The van der Waals surface area contributed by atoms with E-state index in [0.29, 0.717) is 47.1 Å². The van der Waals surface area contributed by atoms with Crippen LogP contribution in [0.3, 0.4) is 0 Å². The minimum absolute atomic E-state index is 0.399. The summed E-state index contributed by atoms with van der Waals surface area (Å²) in [6.07, 6.45) is 0. The van der Waals surface area contributed by atoms with Crippen LogP contribution in [-0.4, -0.2) is 56.9 Å². The molecule has 4 heterocycles. The van der Waals surface area contributed by atoms with Gasteiger partial charge in [0.1, 0.15) is 0 Å². The van der Waals surface area contributed by atoms with Gasteiger partial charge in [-0.2, -0.15) is 0 Å². The number of nitrogens with zero attached hydrogens (tertiary/aromatic N) is 8. The average molecular weight is 1170 g/mol. The molecule has 14 heteroatoms. The van der Waals surface area contributed by atoms with E-state index < -0.39 is 16.1 Å². The lowest BCUT2D eigenvalue weighted by molar-refractivity contribution is 0.583. The molecule has 4 aromatic heterocycles. The normalized spacial score (nSPS) is 11.6. The number of hydrogen-bond donors (Lipinski definition) is 0. The maximum Gasteiger partial charge on any atom is 0.248 e. The highest BCUT2D eigenvalue weighted by molar-refractivity contribution is 7.20. The molecule has 12 nitrogen and oxygen atoms in total. The first-order valence-corrected chi connectivity index (χ1v) is 32.8. The molecule has 0 radical (unpaired) electrons. The Labute approximate surface area is 508 Å². The summed E-state index contributed by atoms with van der Waals surface area (Å²) in [5.41, 5.74) is 6.56. The Morgan fingerprint density at radius 2 is 0.284 bits per heavy atom. The first kappa shape index (κ1) is 53.2. The molecule has 15 rings (SSSR count). The Bertz CT molecular complexity index is 4720. The van der Waals surface area contributed by atoms with Crippen LogP contribution in [0.2, 0.25) is 0 Å². The van der Waals surface area contributed by atoms with Crippen LogP contribution in [0.25, 0.3) is 91.6 Å². The van der Waals surface area contributed by atoms with Crippen molar-refractivity contribution in [3.63, 3.8) is 0 Å². The molecular weight excluding hydrogens is 1120 g/mol. The van der Waals surface area contributed by atoms with Gasteiger partial charge in [-0.25, -0.2) is 0 Å². The molecule has 0 saturated carbocycles. The third kappa shape index (κ3) is 9.79. The summed E-state index contributed by atoms with van der Waals surface area (Å²) in [6, 6.07) is 105. The Balaban J connectivity index is 0.721. The van der Waals surface area contributed by atoms with Crippen molar-refractivity contribution < 1.29 is 17.7 Å². The van der Waals surface area contributed by atoms with Crippen LogP contribution in [0.1, 0.15) is 0 Å². The van der Waals surface area contributed by atoms with Gasteiger partial charge in [0.2, 0.25) is 47.1 Å². The number of hydrogen-bond acceptors (Lipinski definition) is 12. The van der Waals surface area contributed by atoms with Crippen LogP contribution >= 0.6 is 0 Å². The molecule has 11 aromatic carbocycles. The zero-order valence-electron chi connectivity index (χ0n) is 47.1. The summed E-state index contributed by atoms with van der Waals surface area (Å²) in [7, 11) is -5.90. The largest absolute Gasteiger partial charge is 0.416 e. The van der Waals surface area contributed by atoms with Gasteiger partial charge in [-0.15, -0.1) is 40.8 Å². The summed E-state index contributed by atoms with van der Waals surface area (Å²) in [6.45, 7) is 0. The van der Waals surface area contributed by atoms with Crippen molar-refractivity contribution >= 4 is 57.6 Å². The van der Waals surface area contributed by atoms with Gasteiger partial charge in [0.15, 0.2) is 16.1 Å². The summed E-state index contributed by atoms with van der Waals surface area (Å²) in [5.74, 6) is 3.50. The lowest BCUT2D eigenvalue weighted by Crippen LogP contribution is -2.74. The van der Waals surface area contributed by atoms with Gasteiger partial charge in [0, 0.05) is 44.5 Å². The fraction of sp³-hybridized carbons (Fsp3) is 0. The third-order valence-corrected chi connectivity index (χ3v) is 25.8. The van der Waals surface area contributed by atoms with E-state index in [1.807, 2.05) is 84.9 Å². The van der Waals surface area contributed by atoms with Crippen LogP contribution in [0.4, 0.5) is 0 Å². The molecule has 88 heavy (non-hydrogen) atoms. The molecule has 0 unspecified atom stereocenters. The Hall–Kier alpha value is -11.6. The van der Waals surface area contributed by atoms with E-state index in [4.69, 9.17) is 17.7 Å². The maximum atomic E-state index is 6.58. The maximum absolute atomic E-state index is 6.58. The quantitative estimate of drug-likeness (QED) is 0.0668. The first-order valence-electron chi connectivity index (χ1n) is 28.8. The summed E-state index contributed by atoms with van der Waals surface area (Å²) in [5, 5.41) is 45.3. The molecule has 0 atom stereocenters. The molecular formula is C74H50N8O4Si2. The Kier molecular flexibility index (Phi) is 14.0. The van der Waals surface area contributed by atoms with E-state index in [1.165, 1.54) is 41.5 Å². The molecule has 15 aromatic rings. The summed E-state index contributed by atoms with van der Waals surface area (Å²) in [4.78, 5) is 0. The van der Waals surface area contributed by atoms with Crippen molar-refractivity contribution in [3.8, 4) is 91.6 Å². The van der Waals surface area contributed by atoms with E-state index in [0.717, 1.165) is 44.5 Å². The van der Waals surface area contributed by atoms with Crippen LogP contribution in [-0.2, 0) is 0 Å². The van der Waals surface area contributed by atoms with Gasteiger partial charge in [-0.1, -0.05) is 206 Å². The van der Waals surface area contributed by atoms with Crippen molar-refractivity contribution in [3.05, 3.63) is 303 Å². The third-order valence-electron chi connectivity index (χ3n) is 16.2. The second kappa shape index (κ2) is 23.1. The predicted octanol–water partition coefficient (Wildman–Crippen LogP) is 11.3. The standard InChI is InChI=1S/C74H50N8O4Si2/c1-7-19-51(20-8-1)67-75-77-69(83-67)53-31-33-54(34-32-53)70-78-80-72(85-70)56-37-45-64(46-38-56)88(61-27-15-5-16-28-61,62-29-17-6-18-30-62)66-49-41-58(42-50-66)74-82-81-73(86-74)57-39-47-65(48-40-57)87(59-23-11-3-12-24-59,60-25-13-4-14-26-60)63-43-35-55(36-44-63)71-79-76-68(84-71)52-21-9-2-10-22-52/h1-50H. The monoisotopic (exact) mass is 1170 g/mol. The first-order chi connectivity index (χ1) is 43.6. The fourth-order valence-electron chi connectivity index (χ4n) is 11.9. The van der Waals surface area contributed by atoms with Crippen molar-refractivity contribution in [2.24, 2.45) is 0 Å². The molecule has 0 amide bonds. The van der Waals surface area contributed by atoms with E-state index in [9.17, 15) is 0 Å². The van der Waals surface area contributed by atoms with Gasteiger partial charge in [0.25, 0.3) is 0 Å². The molecule has 0 aliphatic heterocycles. The summed E-state index contributed by atoms with van der Waals surface area (Å²) >= 11 is 0. The molecule has 0 aliphatic carbocycles. The van der Waals surface area contributed by atoms with Crippen molar-refractivity contribution in [2.45, 2.75) is 0 Å². The van der Waals surface area contributed by atoms with Gasteiger partial charge < -0.3 is 17.7 Å². The molecule has 418 valence electrons. The van der Waals surface area contributed by atoms with Gasteiger partial charge in [0.05, 0.1) is 0 Å². The highest BCUT2D eigenvalue weighted by Crippen LogP contribution is 2.30. The smallest absolute Gasteiger partial charge is 0.248 e.